The van der Waals surface area contributed by atoms with Crippen LogP contribution < -0.4 is 5.32 Å². The van der Waals surface area contributed by atoms with Gasteiger partial charge in [0.2, 0.25) is 0 Å². The average Bonchev–Trinajstić information content (AvgIpc) is 3.70. The minimum atomic E-state index is -0.507. The number of nitrogens with zero attached hydrogens (tertiary/aromatic N) is 1. The lowest BCUT2D eigenvalue weighted by molar-refractivity contribution is -0.146. The summed E-state index contributed by atoms with van der Waals surface area (Å²) in [7, 11) is 0. The molecule has 1 aromatic heterocycles. The predicted molar refractivity (Wildman–Crippen MR) is 148 cm³/mol. The van der Waals surface area contributed by atoms with Crippen LogP contribution in [-0.2, 0) is 26.3 Å². The maximum absolute atomic E-state index is 12.4. The van der Waals surface area contributed by atoms with Crippen molar-refractivity contribution < 1.29 is 23.6 Å². The lowest BCUT2D eigenvalue weighted by atomic mass is 9.93. The molecule has 1 N–H and O–H groups in total. The number of aromatic nitrogens is 1. The Hall–Kier alpha value is -4.39. The number of rotatable bonds is 9. The van der Waals surface area contributed by atoms with Crippen molar-refractivity contribution in [2.24, 2.45) is 0 Å². The number of hydrogen-bond donors (Lipinski definition) is 1. The van der Waals surface area contributed by atoms with Crippen LogP contribution in [0.1, 0.15) is 55.1 Å². The van der Waals surface area contributed by atoms with Crippen molar-refractivity contribution >= 4 is 12.1 Å². The molecule has 200 valence electrons. The van der Waals surface area contributed by atoms with Crippen molar-refractivity contribution in [1.82, 2.24) is 10.5 Å². The van der Waals surface area contributed by atoms with E-state index in [1.54, 1.807) is 0 Å². The van der Waals surface area contributed by atoms with Gasteiger partial charge in [-0.2, -0.15) is 0 Å². The van der Waals surface area contributed by atoms with Crippen LogP contribution in [-0.4, -0.2) is 23.8 Å². The minimum Gasteiger partial charge on any atom is -0.465 e. The zero-order valence-electron chi connectivity index (χ0n) is 22.4. The minimum absolute atomic E-state index is 0.0451. The topological polar surface area (TPSA) is 90.7 Å². The van der Waals surface area contributed by atoms with Gasteiger partial charge in [-0.05, 0) is 55.9 Å². The first kappa shape index (κ1) is 26.2. The number of carbonyl (C=O) groups is 2. The third-order valence-corrected chi connectivity index (χ3v) is 7.30. The van der Waals surface area contributed by atoms with E-state index in [9.17, 15) is 9.59 Å². The van der Waals surface area contributed by atoms with Crippen molar-refractivity contribution in [3.63, 3.8) is 0 Å². The molecule has 3 aromatic carbocycles. The fourth-order valence-electron chi connectivity index (χ4n) is 4.77. The molecule has 0 saturated heterocycles. The number of hydrogen-bond acceptors (Lipinski definition) is 6. The molecule has 7 heteroatoms. The molecular weight excluding hydrogens is 492 g/mol. The van der Waals surface area contributed by atoms with E-state index in [2.05, 4.69) is 10.5 Å². The Morgan fingerprint density at radius 1 is 0.923 bits per heavy atom. The molecule has 1 atom stereocenters. The number of esters is 1. The van der Waals surface area contributed by atoms with E-state index < -0.39 is 11.5 Å². The summed E-state index contributed by atoms with van der Waals surface area (Å²) in [6, 6.07) is 25.6. The number of carbonyl (C=O) groups excluding carboxylic acids is 2. The molecule has 0 bridgehead atoms. The molecule has 1 aliphatic carbocycles. The van der Waals surface area contributed by atoms with Crippen molar-refractivity contribution in [3.8, 4) is 22.5 Å². The highest BCUT2D eigenvalue weighted by molar-refractivity contribution is 5.87. The monoisotopic (exact) mass is 524 g/mol. The summed E-state index contributed by atoms with van der Waals surface area (Å²) in [4.78, 5) is 24.8. The quantitative estimate of drug-likeness (QED) is 0.240. The first-order chi connectivity index (χ1) is 18.9. The fraction of sp³-hybridized carbons (Fsp3) is 0.281. The number of aryl methyl sites for hydroxylation is 1. The molecule has 0 unspecified atom stereocenters. The van der Waals surface area contributed by atoms with Gasteiger partial charge in [0.05, 0.1) is 29.3 Å². The van der Waals surface area contributed by atoms with Crippen LogP contribution in [0.5, 0.6) is 0 Å². The van der Waals surface area contributed by atoms with Gasteiger partial charge in [-0.3, -0.25) is 4.79 Å². The predicted octanol–water partition coefficient (Wildman–Crippen LogP) is 6.90. The van der Waals surface area contributed by atoms with Gasteiger partial charge in [0.1, 0.15) is 6.61 Å². The second kappa shape index (κ2) is 11.2. The van der Waals surface area contributed by atoms with Crippen LogP contribution >= 0.6 is 0 Å². The van der Waals surface area contributed by atoms with Crippen molar-refractivity contribution in [2.45, 2.75) is 51.7 Å². The molecule has 0 radical (unpaired) electrons. The molecule has 0 spiro atoms. The molecule has 39 heavy (non-hydrogen) atoms. The van der Waals surface area contributed by atoms with E-state index in [-0.39, 0.29) is 18.6 Å². The molecule has 1 amide bonds. The largest absolute Gasteiger partial charge is 0.465 e. The third kappa shape index (κ3) is 5.58. The summed E-state index contributed by atoms with van der Waals surface area (Å²) < 4.78 is 16.4. The van der Waals surface area contributed by atoms with E-state index in [1.165, 1.54) is 0 Å². The fourth-order valence-corrected chi connectivity index (χ4v) is 4.77. The van der Waals surface area contributed by atoms with Gasteiger partial charge in [0.25, 0.3) is 0 Å². The second-order valence-corrected chi connectivity index (χ2v) is 9.89. The van der Waals surface area contributed by atoms with E-state index in [0.717, 1.165) is 46.2 Å². The Bertz CT molecular complexity index is 1440. The summed E-state index contributed by atoms with van der Waals surface area (Å²) in [5.41, 5.74) is 5.85. The molecule has 1 fully saturated rings. The van der Waals surface area contributed by atoms with Gasteiger partial charge in [-0.15, -0.1) is 0 Å². The Morgan fingerprint density at radius 3 is 2.15 bits per heavy atom. The van der Waals surface area contributed by atoms with Gasteiger partial charge < -0.3 is 19.3 Å². The zero-order chi connectivity index (χ0) is 27.4. The maximum atomic E-state index is 12.4. The lowest BCUT2D eigenvalue weighted by Crippen LogP contribution is -2.27. The highest BCUT2D eigenvalue weighted by Crippen LogP contribution is 2.49. The molecule has 1 aliphatic rings. The van der Waals surface area contributed by atoms with Gasteiger partial charge >= 0.3 is 12.1 Å². The number of alkyl carbamates (subject to hydrolysis) is 1. The number of amides is 1. The van der Waals surface area contributed by atoms with Crippen LogP contribution in [0.2, 0.25) is 0 Å². The number of benzene rings is 3. The van der Waals surface area contributed by atoms with Gasteiger partial charge in [0.15, 0.2) is 5.76 Å². The van der Waals surface area contributed by atoms with Crippen molar-refractivity contribution in [3.05, 3.63) is 101 Å². The van der Waals surface area contributed by atoms with Crippen LogP contribution in [0.15, 0.2) is 83.4 Å². The SMILES string of the molecule is CCOC(=O)C1(c2ccc(-c3ccc(-c4onc(C)c4COC(=O)N[C@H](C)c4ccccc4)cc3)cc2)CC1. The molecule has 4 aromatic rings. The third-order valence-electron chi connectivity index (χ3n) is 7.30. The molecule has 7 nitrogen and oxygen atoms in total. The molecule has 1 heterocycles. The van der Waals surface area contributed by atoms with Crippen molar-refractivity contribution in [2.75, 3.05) is 6.61 Å². The number of ether oxygens (including phenoxy) is 2. The first-order valence-electron chi connectivity index (χ1n) is 13.2. The molecule has 1 saturated carbocycles. The zero-order valence-corrected chi connectivity index (χ0v) is 22.4. The molecular formula is C32H32N2O5. The standard InChI is InChI=1S/C32H32N2O5/c1-4-37-30(35)32(18-19-32)27-16-14-25(15-17-27)24-10-12-26(13-11-24)29-28(22(3)34-39-29)20-38-31(36)33-21(2)23-8-6-5-7-9-23/h5-17,21H,4,18-20H2,1-3H3,(H,33,36)/t21-/m1/s1. The van der Waals surface area contributed by atoms with E-state index in [0.29, 0.717) is 18.1 Å². The van der Waals surface area contributed by atoms with Crippen LogP contribution in [0, 0.1) is 6.92 Å². The highest BCUT2D eigenvalue weighted by atomic mass is 16.6. The molecule has 0 aliphatic heterocycles. The van der Waals surface area contributed by atoms with E-state index in [1.807, 2.05) is 99.6 Å². The van der Waals surface area contributed by atoms with Gasteiger partial charge in [-0.25, -0.2) is 4.79 Å². The normalized spacial score (nSPS) is 14.3. The Labute approximate surface area is 228 Å². The summed E-state index contributed by atoms with van der Waals surface area (Å²) in [6.07, 6.45) is 1.15. The Morgan fingerprint density at radius 2 is 1.54 bits per heavy atom. The second-order valence-electron chi connectivity index (χ2n) is 9.89. The maximum Gasteiger partial charge on any atom is 0.407 e. The van der Waals surface area contributed by atoms with Gasteiger partial charge in [-0.1, -0.05) is 84.0 Å². The smallest absolute Gasteiger partial charge is 0.407 e. The van der Waals surface area contributed by atoms with E-state index in [4.69, 9.17) is 14.0 Å². The Balaban J connectivity index is 1.24. The summed E-state index contributed by atoms with van der Waals surface area (Å²) >= 11 is 0. The van der Waals surface area contributed by atoms with Gasteiger partial charge in [0, 0.05) is 5.56 Å². The summed E-state index contributed by atoms with van der Waals surface area (Å²) in [6.45, 7) is 6.01. The lowest BCUT2D eigenvalue weighted by Gasteiger charge is -2.15. The van der Waals surface area contributed by atoms with Crippen LogP contribution in [0.25, 0.3) is 22.5 Å². The van der Waals surface area contributed by atoms with Crippen molar-refractivity contribution in [1.29, 1.82) is 0 Å². The van der Waals surface area contributed by atoms with Crippen LogP contribution in [0.4, 0.5) is 4.79 Å². The summed E-state index contributed by atoms with van der Waals surface area (Å²) in [5, 5.41) is 6.96. The van der Waals surface area contributed by atoms with E-state index >= 15 is 0 Å². The average molecular weight is 525 g/mol. The first-order valence-corrected chi connectivity index (χ1v) is 13.2. The van der Waals surface area contributed by atoms with Crippen LogP contribution in [0.3, 0.4) is 0 Å². The molecule has 5 rings (SSSR count). The highest BCUT2D eigenvalue weighted by Gasteiger charge is 2.52. The Kier molecular flexibility index (Phi) is 7.50. The number of nitrogens with one attached hydrogen (secondary N) is 1. The summed E-state index contributed by atoms with van der Waals surface area (Å²) in [5.74, 6) is 0.441.